The summed E-state index contributed by atoms with van der Waals surface area (Å²) in [6, 6.07) is 1.11. The van der Waals surface area contributed by atoms with Gasteiger partial charge >= 0.3 is 0 Å². The van der Waals surface area contributed by atoms with Crippen LogP contribution in [0.1, 0.15) is 52.9 Å². The van der Waals surface area contributed by atoms with E-state index in [1.807, 2.05) is 0 Å². The lowest BCUT2D eigenvalue weighted by Gasteiger charge is -2.39. The van der Waals surface area contributed by atoms with E-state index in [0.717, 1.165) is 30.8 Å². The fourth-order valence-corrected chi connectivity index (χ4v) is 3.32. The van der Waals surface area contributed by atoms with Gasteiger partial charge in [0.15, 0.2) is 5.96 Å². The molecule has 0 bridgehead atoms. The first-order chi connectivity index (χ1) is 8.13. The number of rotatable bonds is 3. The zero-order valence-corrected chi connectivity index (χ0v) is 11.5. The van der Waals surface area contributed by atoms with Crippen LogP contribution >= 0.6 is 0 Å². The van der Waals surface area contributed by atoms with E-state index in [4.69, 9.17) is 5.73 Å². The van der Waals surface area contributed by atoms with Crippen molar-refractivity contribution in [2.24, 2.45) is 22.6 Å². The maximum Gasteiger partial charge on any atom is 0.191 e. The minimum atomic E-state index is 0.533. The zero-order valence-electron chi connectivity index (χ0n) is 11.5. The van der Waals surface area contributed by atoms with Crippen LogP contribution in [0.4, 0.5) is 0 Å². The maximum absolute atomic E-state index is 6.06. The first-order valence-electron chi connectivity index (χ1n) is 7.21. The highest BCUT2D eigenvalue weighted by molar-refractivity contribution is 5.80. The standard InChI is InChI=1S/C14H27N3/c1-4-11(3)17-13(9-16-14(17)15)12-7-5-10(2)6-8-12/h10-13H,4-9H2,1-3H3,(H2,15,16). The lowest BCUT2D eigenvalue weighted by Crippen LogP contribution is -2.49. The van der Waals surface area contributed by atoms with Crippen LogP contribution < -0.4 is 5.73 Å². The number of nitrogens with zero attached hydrogens (tertiary/aromatic N) is 2. The van der Waals surface area contributed by atoms with Gasteiger partial charge in [-0.1, -0.05) is 26.7 Å². The van der Waals surface area contributed by atoms with E-state index in [1.54, 1.807) is 0 Å². The topological polar surface area (TPSA) is 41.6 Å². The Morgan fingerprint density at radius 3 is 2.59 bits per heavy atom. The van der Waals surface area contributed by atoms with Crippen LogP contribution in [0.5, 0.6) is 0 Å². The number of hydrogen-bond acceptors (Lipinski definition) is 3. The summed E-state index contributed by atoms with van der Waals surface area (Å²) in [5.74, 6) is 2.51. The predicted molar refractivity (Wildman–Crippen MR) is 73.0 cm³/mol. The smallest absolute Gasteiger partial charge is 0.191 e. The monoisotopic (exact) mass is 237 g/mol. The first kappa shape index (κ1) is 12.7. The first-order valence-corrected chi connectivity index (χ1v) is 7.21. The van der Waals surface area contributed by atoms with Crippen LogP contribution in [-0.2, 0) is 0 Å². The molecule has 1 aliphatic heterocycles. The lowest BCUT2D eigenvalue weighted by molar-refractivity contribution is 0.153. The quantitative estimate of drug-likeness (QED) is 0.820. The highest BCUT2D eigenvalue weighted by atomic mass is 15.3. The molecule has 2 unspecified atom stereocenters. The summed E-state index contributed by atoms with van der Waals surface area (Å²) in [6.07, 6.45) is 6.64. The minimum absolute atomic E-state index is 0.533. The molecule has 3 nitrogen and oxygen atoms in total. The second-order valence-electron chi connectivity index (χ2n) is 5.95. The van der Waals surface area contributed by atoms with Gasteiger partial charge in [0.05, 0.1) is 12.6 Å². The Hall–Kier alpha value is -0.730. The van der Waals surface area contributed by atoms with Crippen molar-refractivity contribution in [1.29, 1.82) is 0 Å². The second-order valence-corrected chi connectivity index (χ2v) is 5.95. The summed E-state index contributed by atoms with van der Waals surface area (Å²) in [4.78, 5) is 6.87. The lowest BCUT2D eigenvalue weighted by atomic mass is 9.78. The molecule has 0 spiro atoms. The summed E-state index contributed by atoms with van der Waals surface area (Å²) in [5.41, 5.74) is 6.06. The van der Waals surface area contributed by atoms with Crippen molar-refractivity contribution in [3.05, 3.63) is 0 Å². The fraction of sp³-hybridized carbons (Fsp3) is 0.929. The average molecular weight is 237 g/mol. The molecule has 0 aromatic heterocycles. The molecule has 17 heavy (non-hydrogen) atoms. The Bertz CT molecular complexity index is 279. The Morgan fingerprint density at radius 2 is 2.00 bits per heavy atom. The van der Waals surface area contributed by atoms with E-state index in [-0.39, 0.29) is 0 Å². The molecule has 0 radical (unpaired) electrons. The SMILES string of the molecule is CCC(C)N1C(N)=NCC1C1CCC(C)CC1. The molecule has 1 saturated carbocycles. The predicted octanol–water partition coefficient (Wildman–Crippen LogP) is 2.61. The van der Waals surface area contributed by atoms with Crippen LogP contribution in [0, 0.1) is 11.8 Å². The molecule has 3 heteroatoms. The molecule has 98 valence electrons. The van der Waals surface area contributed by atoms with Crippen molar-refractivity contribution in [2.75, 3.05) is 6.54 Å². The van der Waals surface area contributed by atoms with Crippen molar-refractivity contribution in [3.63, 3.8) is 0 Å². The van der Waals surface area contributed by atoms with Gasteiger partial charge in [0.2, 0.25) is 0 Å². The van der Waals surface area contributed by atoms with Gasteiger partial charge in [0, 0.05) is 6.04 Å². The van der Waals surface area contributed by atoms with Gasteiger partial charge in [-0.2, -0.15) is 0 Å². The molecule has 2 rings (SSSR count). The van der Waals surface area contributed by atoms with E-state index in [0.29, 0.717) is 12.1 Å². The molecule has 1 heterocycles. The van der Waals surface area contributed by atoms with Crippen molar-refractivity contribution in [2.45, 2.75) is 65.0 Å². The third-order valence-corrected chi connectivity index (χ3v) is 4.73. The van der Waals surface area contributed by atoms with Gasteiger partial charge in [-0.05, 0) is 38.0 Å². The van der Waals surface area contributed by atoms with Crippen molar-refractivity contribution in [3.8, 4) is 0 Å². The maximum atomic E-state index is 6.06. The summed E-state index contributed by atoms with van der Waals surface area (Å²) in [7, 11) is 0. The third-order valence-electron chi connectivity index (χ3n) is 4.73. The Kier molecular flexibility index (Phi) is 3.95. The van der Waals surface area contributed by atoms with Crippen molar-refractivity contribution >= 4 is 5.96 Å². The van der Waals surface area contributed by atoms with E-state index < -0.39 is 0 Å². The number of nitrogens with two attached hydrogens (primary N) is 1. The van der Waals surface area contributed by atoms with Gasteiger partial charge in [-0.15, -0.1) is 0 Å². The number of aliphatic imine (C=N–C) groups is 1. The highest BCUT2D eigenvalue weighted by Crippen LogP contribution is 2.34. The summed E-state index contributed by atoms with van der Waals surface area (Å²) >= 11 is 0. The molecule has 2 N–H and O–H groups in total. The molecular weight excluding hydrogens is 210 g/mol. The molecular formula is C14H27N3. The fourth-order valence-electron chi connectivity index (χ4n) is 3.32. The molecule has 2 atom stereocenters. The van der Waals surface area contributed by atoms with Crippen molar-refractivity contribution < 1.29 is 0 Å². The largest absolute Gasteiger partial charge is 0.370 e. The third kappa shape index (κ3) is 2.58. The van der Waals surface area contributed by atoms with E-state index >= 15 is 0 Å². The average Bonchev–Trinajstić information content (AvgIpc) is 2.71. The number of hydrogen-bond donors (Lipinski definition) is 1. The van der Waals surface area contributed by atoms with E-state index in [1.165, 1.54) is 25.7 Å². The summed E-state index contributed by atoms with van der Waals surface area (Å²) in [5, 5.41) is 0. The van der Waals surface area contributed by atoms with Gasteiger partial charge in [0.1, 0.15) is 0 Å². The van der Waals surface area contributed by atoms with Crippen LogP contribution in [0.25, 0.3) is 0 Å². The van der Waals surface area contributed by atoms with Crippen LogP contribution in [0.2, 0.25) is 0 Å². The Balaban J connectivity index is 2.01. The van der Waals surface area contributed by atoms with Crippen LogP contribution in [0.15, 0.2) is 4.99 Å². The van der Waals surface area contributed by atoms with E-state index in [9.17, 15) is 0 Å². The molecule has 0 amide bonds. The van der Waals surface area contributed by atoms with Crippen LogP contribution in [-0.4, -0.2) is 29.5 Å². The molecule has 1 aliphatic carbocycles. The highest BCUT2D eigenvalue weighted by Gasteiger charge is 2.36. The summed E-state index contributed by atoms with van der Waals surface area (Å²) < 4.78 is 0. The van der Waals surface area contributed by atoms with E-state index in [2.05, 4.69) is 30.7 Å². The van der Waals surface area contributed by atoms with Crippen molar-refractivity contribution in [1.82, 2.24) is 4.90 Å². The van der Waals surface area contributed by atoms with Gasteiger partial charge in [-0.25, -0.2) is 0 Å². The Morgan fingerprint density at radius 1 is 1.35 bits per heavy atom. The van der Waals surface area contributed by atoms with Gasteiger partial charge in [0.25, 0.3) is 0 Å². The minimum Gasteiger partial charge on any atom is -0.370 e. The molecule has 2 aliphatic rings. The van der Waals surface area contributed by atoms with Crippen LogP contribution in [0.3, 0.4) is 0 Å². The van der Waals surface area contributed by atoms with Gasteiger partial charge in [-0.3, -0.25) is 4.99 Å². The Labute approximate surface area is 105 Å². The molecule has 0 aromatic rings. The zero-order chi connectivity index (χ0) is 12.4. The van der Waals surface area contributed by atoms with Gasteiger partial charge < -0.3 is 10.6 Å². The number of guanidine groups is 1. The molecule has 0 saturated heterocycles. The second kappa shape index (κ2) is 5.28. The summed E-state index contributed by atoms with van der Waals surface area (Å²) in [6.45, 7) is 7.81. The normalized spacial score (nSPS) is 35.8. The molecule has 0 aromatic carbocycles. The molecule has 1 fully saturated rings.